The first-order chi connectivity index (χ1) is 12.4. The van der Waals surface area contributed by atoms with Crippen LogP contribution in [0.2, 0.25) is 0 Å². The van der Waals surface area contributed by atoms with Crippen molar-refractivity contribution in [1.29, 1.82) is 0 Å². The van der Waals surface area contributed by atoms with Gasteiger partial charge in [0, 0.05) is 28.7 Å². The van der Waals surface area contributed by atoms with E-state index in [1.54, 1.807) is 0 Å². The average Bonchev–Trinajstić information content (AvgIpc) is 3.13. The van der Waals surface area contributed by atoms with E-state index in [-0.39, 0.29) is 17.9 Å². The molecule has 3 aromatic rings. The fourth-order valence-electron chi connectivity index (χ4n) is 2.91. The Morgan fingerprint density at radius 1 is 1.23 bits per heavy atom. The molecule has 0 spiro atoms. The van der Waals surface area contributed by atoms with Gasteiger partial charge >= 0.3 is 0 Å². The number of hydrogen-bond acceptors (Lipinski definition) is 4. The largest absolute Gasteiger partial charge is 0.326 e. The van der Waals surface area contributed by atoms with Crippen molar-refractivity contribution in [2.24, 2.45) is 0 Å². The van der Waals surface area contributed by atoms with E-state index in [9.17, 15) is 9.59 Å². The van der Waals surface area contributed by atoms with Crippen LogP contribution < -0.4 is 10.9 Å². The van der Waals surface area contributed by atoms with Crippen LogP contribution in [-0.4, -0.2) is 20.7 Å². The minimum atomic E-state index is -0.142. The molecular weight excluding hydrogens is 348 g/mol. The number of nitrogens with zero attached hydrogens (tertiary/aromatic N) is 2. The van der Waals surface area contributed by atoms with Gasteiger partial charge in [-0.2, -0.15) is 4.68 Å². The molecule has 2 aromatic heterocycles. The lowest BCUT2D eigenvalue weighted by molar-refractivity contribution is -0.116. The smallest absolute Gasteiger partial charge is 0.276 e. The number of aromatic nitrogens is 3. The topological polar surface area (TPSA) is 79.8 Å². The number of nitrogens with one attached hydrogen (secondary N) is 2. The predicted octanol–water partition coefficient (Wildman–Crippen LogP) is 3.43. The Bertz CT molecular complexity index is 993. The van der Waals surface area contributed by atoms with E-state index in [0.29, 0.717) is 17.1 Å². The van der Waals surface area contributed by atoms with Gasteiger partial charge in [0.25, 0.3) is 5.56 Å². The summed E-state index contributed by atoms with van der Waals surface area (Å²) in [5.74, 6) is -0.0981. The molecule has 1 aromatic carbocycles. The van der Waals surface area contributed by atoms with Crippen LogP contribution in [0.1, 0.15) is 34.5 Å². The normalized spacial score (nSPS) is 10.9. The molecule has 0 bridgehead atoms. The highest BCUT2D eigenvalue weighted by Gasteiger charge is 2.16. The molecule has 0 saturated heterocycles. The summed E-state index contributed by atoms with van der Waals surface area (Å²) in [7, 11) is 0. The van der Waals surface area contributed by atoms with Gasteiger partial charge in [-0.25, -0.2) is 4.98 Å². The highest BCUT2D eigenvalue weighted by atomic mass is 32.1. The average molecular weight is 370 g/mol. The third-order valence-electron chi connectivity index (χ3n) is 4.34. The summed E-state index contributed by atoms with van der Waals surface area (Å²) in [5.41, 5.74) is 5.02. The number of aryl methyl sites for hydroxylation is 4. The molecule has 26 heavy (non-hydrogen) atoms. The number of hydrogen-bond donors (Lipinski definition) is 2. The summed E-state index contributed by atoms with van der Waals surface area (Å²) in [5, 5.41) is 8.53. The lowest BCUT2D eigenvalue weighted by atomic mass is 10.1. The summed E-state index contributed by atoms with van der Waals surface area (Å²) in [4.78, 5) is 29.3. The van der Waals surface area contributed by atoms with Gasteiger partial charge in [0.2, 0.25) is 11.0 Å². The second kappa shape index (κ2) is 7.29. The maximum absolute atomic E-state index is 12.6. The van der Waals surface area contributed by atoms with Crippen LogP contribution in [0, 0.1) is 27.7 Å². The number of thiazole rings is 1. The van der Waals surface area contributed by atoms with Gasteiger partial charge in [0.05, 0.1) is 5.69 Å². The van der Waals surface area contributed by atoms with Crippen molar-refractivity contribution in [1.82, 2.24) is 14.8 Å². The van der Waals surface area contributed by atoms with E-state index in [4.69, 9.17) is 0 Å². The van der Waals surface area contributed by atoms with Gasteiger partial charge in [0.1, 0.15) is 0 Å². The molecule has 0 aliphatic rings. The van der Waals surface area contributed by atoms with Crippen LogP contribution in [-0.2, 0) is 11.2 Å². The summed E-state index contributed by atoms with van der Waals surface area (Å²) in [6, 6.07) is 5.90. The van der Waals surface area contributed by atoms with Crippen molar-refractivity contribution in [3.8, 4) is 5.13 Å². The molecule has 0 aliphatic heterocycles. The molecule has 0 unspecified atom stereocenters. The van der Waals surface area contributed by atoms with Crippen molar-refractivity contribution < 1.29 is 4.79 Å². The fraction of sp³-hybridized carbons (Fsp3) is 0.316. The summed E-state index contributed by atoms with van der Waals surface area (Å²) >= 11 is 1.41. The van der Waals surface area contributed by atoms with Crippen molar-refractivity contribution in [3.05, 3.63) is 62.0 Å². The number of amides is 1. The van der Waals surface area contributed by atoms with Gasteiger partial charge in [-0.05, 0) is 45.2 Å². The lowest BCUT2D eigenvalue weighted by Gasteiger charge is -2.11. The number of para-hydroxylation sites is 1. The van der Waals surface area contributed by atoms with E-state index in [0.717, 1.165) is 28.2 Å². The zero-order valence-corrected chi connectivity index (χ0v) is 16.2. The Balaban J connectivity index is 1.73. The number of rotatable bonds is 5. The number of carbonyl (C=O) groups excluding carboxylic acids is 1. The van der Waals surface area contributed by atoms with Crippen molar-refractivity contribution in [2.45, 2.75) is 40.5 Å². The van der Waals surface area contributed by atoms with E-state index in [2.05, 4.69) is 15.4 Å². The van der Waals surface area contributed by atoms with Gasteiger partial charge in [-0.1, -0.05) is 18.2 Å². The second-order valence-corrected chi connectivity index (χ2v) is 7.28. The Hall–Kier alpha value is -2.67. The molecule has 136 valence electrons. The van der Waals surface area contributed by atoms with Crippen LogP contribution in [0.5, 0.6) is 0 Å². The molecule has 7 heteroatoms. The summed E-state index contributed by atoms with van der Waals surface area (Å²) in [6.45, 7) is 7.66. The van der Waals surface area contributed by atoms with Crippen molar-refractivity contribution >= 4 is 22.9 Å². The SMILES string of the molecule is Cc1csc(-n2[nH]c(C)c(CCC(=O)Nc3c(C)cccc3C)c2=O)n1. The Kier molecular flexibility index (Phi) is 5.08. The molecular formula is C19H22N4O2S. The number of aromatic amines is 1. The predicted molar refractivity (Wildman–Crippen MR) is 104 cm³/mol. The summed E-state index contributed by atoms with van der Waals surface area (Å²) < 4.78 is 1.45. The van der Waals surface area contributed by atoms with Gasteiger partial charge < -0.3 is 5.32 Å². The molecule has 6 nitrogen and oxygen atoms in total. The zero-order valence-electron chi connectivity index (χ0n) is 15.3. The first-order valence-corrected chi connectivity index (χ1v) is 9.34. The molecule has 3 rings (SSSR count). The number of anilines is 1. The van der Waals surface area contributed by atoms with Crippen molar-refractivity contribution in [2.75, 3.05) is 5.32 Å². The fourth-order valence-corrected chi connectivity index (χ4v) is 3.67. The van der Waals surface area contributed by atoms with Crippen LogP contribution in [0.25, 0.3) is 5.13 Å². The molecule has 0 radical (unpaired) electrons. The van der Waals surface area contributed by atoms with Gasteiger partial charge in [0.15, 0.2) is 0 Å². The minimum absolute atomic E-state index is 0.0981. The third kappa shape index (κ3) is 3.62. The minimum Gasteiger partial charge on any atom is -0.326 e. The molecule has 0 aliphatic carbocycles. The second-order valence-electron chi connectivity index (χ2n) is 6.44. The zero-order chi connectivity index (χ0) is 18.8. The van der Waals surface area contributed by atoms with Crippen LogP contribution in [0.15, 0.2) is 28.4 Å². The molecule has 1 amide bonds. The first-order valence-electron chi connectivity index (χ1n) is 8.46. The Morgan fingerprint density at radius 3 is 2.54 bits per heavy atom. The lowest BCUT2D eigenvalue weighted by Crippen LogP contribution is -2.19. The summed E-state index contributed by atoms with van der Waals surface area (Å²) in [6.07, 6.45) is 0.633. The van der Waals surface area contributed by atoms with Crippen molar-refractivity contribution in [3.63, 3.8) is 0 Å². The number of H-pyrrole nitrogens is 1. The molecule has 0 fully saturated rings. The van der Waals surface area contributed by atoms with Crippen LogP contribution in [0.4, 0.5) is 5.69 Å². The van der Waals surface area contributed by atoms with Crippen LogP contribution in [0.3, 0.4) is 0 Å². The molecule has 0 atom stereocenters. The van der Waals surface area contributed by atoms with Gasteiger partial charge in [-0.3, -0.25) is 14.7 Å². The van der Waals surface area contributed by atoms with E-state index < -0.39 is 0 Å². The van der Waals surface area contributed by atoms with E-state index in [1.165, 1.54) is 16.0 Å². The number of carbonyl (C=O) groups is 1. The maximum atomic E-state index is 12.6. The Morgan fingerprint density at radius 2 is 1.92 bits per heavy atom. The van der Waals surface area contributed by atoms with Gasteiger partial charge in [-0.15, -0.1) is 11.3 Å². The quantitative estimate of drug-likeness (QED) is 0.722. The standard InChI is InChI=1S/C19H22N4O2S/c1-11-6-5-7-12(2)17(11)21-16(24)9-8-15-14(4)22-23(18(15)25)19-20-13(3)10-26-19/h5-7,10,22H,8-9H2,1-4H3,(H,21,24). The monoisotopic (exact) mass is 370 g/mol. The molecule has 2 heterocycles. The highest BCUT2D eigenvalue weighted by Crippen LogP contribution is 2.20. The number of benzene rings is 1. The molecule has 2 N–H and O–H groups in total. The van der Waals surface area contributed by atoms with Crippen LogP contribution >= 0.6 is 11.3 Å². The third-order valence-corrected chi connectivity index (χ3v) is 5.28. The maximum Gasteiger partial charge on any atom is 0.276 e. The first kappa shape index (κ1) is 18.1. The highest BCUT2D eigenvalue weighted by molar-refractivity contribution is 7.12. The Labute approximate surface area is 155 Å². The van der Waals surface area contributed by atoms with E-state index in [1.807, 2.05) is 51.3 Å². The van der Waals surface area contributed by atoms with E-state index >= 15 is 0 Å². The molecule has 0 saturated carbocycles.